The molecule has 2 N–H and O–H groups in total. The molecule has 0 aliphatic rings. The van der Waals surface area contributed by atoms with Crippen LogP contribution in [0.15, 0.2) is 54.6 Å². The number of nitrogens with one attached hydrogen (secondary N) is 2. The van der Waals surface area contributed by atoms with Gasteiger partial charge in [-0.15, -0.1) is 0 Å². The Bertz CT molecular complexity index is 859. The monoisotopic (exact) mass is 346 g/mol. The number of hydrogen-bond donors (Lipinski definition) is 2. The van der Waals surface area contributed by atoms with E-state index in [1.165, 1.54) is 16.7 Å². The Morgan fingerprint density at radius 2 is 1.69 bits per heavy atom. The van der Waals surface area contributed by atoms with Crippen molar-refractivity contribution >= 4 is 17.5 Å². The number of benzene rings is 2. The predicted molar refractivity (Wildman–Crippen MR) is 109 cm³/mol. The van der Waals surface area contributed by atoms with Gasteiger partial charge in [0.2, 0.25) is 5.95 Å². The molecule has 0 atom stereocenters. The largest absolute Gasteiger partial charge is 0.370 e. The Balaban J connectivity index is 1.61. The van der Waals surface area contributed by atoms with Gasteiger partial charge < -0.3 is 10.6 Å². The van der Waals surface area contributed by atoms with Gasteiger partial charge in [0.15, 0.2) is 0 Å². The number of rotatable bonds is 7. The maximum absolute atomic E-state index is 4.61. The van der Waals surface area contributed by atoms with E-state index in [1.54, 1.807) is 0 Å². The second-order valence-electron chi connectivity index (χ2n) is 6.68. The number of anilines is 3. The summed E-state index contributed by atoms with van der Waals surface area (Å²) in [6.45, 7) is 7.04. The molecule has 4 heteroatoms. The van der Waals surface area contributed by atoms with Crippen molar-refractivity contribution in [1.82, 2.24) is 9.97 Å². The summed E-state index contributed by atoms with van der Waals surface area (Å²) in [6, 6.07) is 18.9. The molecule has 0 spiro atoms. The molecule has 3 aromatic rings. The summed E-state index contributed by atoms with van der Waals surface area (Å²) in [7, 11) is 0. The molecule has 0 saturated carbocycles. The molecule has 3 rings (SSSR count). The van der Waals surface area contributed by atoms with Crippen LogP contribution in [-0.4, -0.2) is 16.5 Å². The van der Waals surface area contributed by atoms with Crippen molar-refractivity contribution in [3.05, 3.63) is 77.0 Å². The van der Waals surface area contributed by atoms with Crippen molar-refractivity contribution in [3.63, 3.8) is 0 Å². The Hall–Kier alpha value is -2.88. The minimum absolute atomic E-state index is 0.629. The van der Waals surface area contributed by atoms with Crippen molar-refractivity contribution < 1.29 is 0 Å². The average molecular weight is 346 g/mol. The summed E-state index contributed by atoms with van der Waals surface area (Å²) in [6.07, 6.45) is 2.12. The number of hydrogen-bond acceptors (Lipinski definition) is 4. The van der Waals surface area contributed by atoms with Gasteiger partial charge in [0, 0.05) is 24.0 Å². The minimum atomic E-state index is 0.629. The van der Waals surface area contributed by atoms with Crippen molar-refractivity contribution in [2.45, 2.75) is 33.6 Å². The molecule has 0 amide bonds. The Morgan fingerprint density at radius 3 is 2.50 bits per heavy atom. The maximum atomic E-state index is 4.61. The van der Waals surface area contributed by atoms with Crippen LogP contribution in [-0.2, 0) is 6.42 Å². The molecule has 0 aliphatic carbocycles. The second-order valence-corrected chi connectivity index (χ2v) is 6.68. The van der Waals surface area contributed by atoms with E-state index in [1.807, 2.05) is 13.0 Å². The third-order valence-electron chi connectivity index (χ3n) is 4.28. The van der Waals surface area contributed by atoms with Crippen molar-refractivity contribution in [1.29, 1.82) is 0 Å². The molecule has 0 fully saturated rings. The quantitative estimate of drug-likeness (QED) is 0.578. The summed E-state index contributed by atoms with van der Waals surface area (Å²) in [5.41, 5.74) is 5.75. The fourth-order valence-corrected chi connectivity index (χ4v) is 2.86. The highest BCUT2D eigenvalue weighted by atomic mass is 15.1. The van der Waals surface area contributed by atoms with Crippen LogP contribution < -0.4 is 10.6 Å². The van der Waals surface area contributed by atoms with E-state index < -0.39 is 0 Å². The van der Waals surface area contributed by atoms with E-state index in [0.29, 0.717) is 5.95 Å². The van der Waals surface area contributed by atoms with E-state index in [-0.39, 0.29) is 0 Å². The third kappa shape index (κ3) is 5.06. The molecule has 0 unspecified atom stereocenters. The summed E-state index contributed by atoms with van der Waals surface area (Å²) in [4.78, 5) is 9.12. The first-order valence-electron chi connectivity index (χ1n) is 9.08. The highest BCUT2D eigenvalue weighted by Gasteiger charge is 2.05. The van der Waals surface area contributed by atoms with Gasteiger partial charge in [-0.1, -0.05) is 42.5 Å². The van der Waals surface area contributed by atoms with Crippen molar-refractivity contribution in [2.75, 3.05) is 17.2 Å². The Kier molecular flexibility index (Phi) is 5.84. The van der Waals surface area contributed by atoms with Crippen LogP contribution in [0.5, 0.6) is 0 Å². The molecular formula is C22H26N4. The van der Waals surface area contributed by atoms with Gasteiger partial charge in [-0.3, -0.25) is 0 Å². The molecule has 1 heterocycles. The number of nitrogens with zero attached hydrogens (tertiary/aromatic N) is 2. The van der Waals surface area contributed by atoms with Crippen LogP contribution in [0, 0.1) is 20.8 Å². The van der Waals surface area contributed by atoms with Crippen LogP contribution in [0.2, 0.25) is 0 Å². The highest BCUT2D eigenvalue weighted by molar-refractivity contribution is 5.60. The van der Waals surface area contributed by atoms with Crippen LogP contribution >= 0.6 is 0 Å². The van der Waals surface area contributed by atoms with Crippen LogP contribution in [0.1, 0.15) is 28.8 Å². The van der Waals surface area contributed by atoms with Crippen LogP contribution in [0.4, 0.5) is 17.5 Å². The zero-order chi connectivity index (χ0) is 18.4. The lowest BCUT2D eigenvalue weighted by Gasteiger charge is -2.12. The van der Waals surface area contributed by atoms with E-state index in [4.69, 9.17) is 0 Å². The van der Waals surface area contributed by atoms with Gasteiger partial charge in [0.25, 0.3) is 0 Å². The normalized spacial score (nSPS) is 10.6. The van der Waals surface area contributed by atoms with Crippen LogP contribution in [0.25, 0.3) is 0 Å². The fraction of sp³-hybridized carbons (Fsp3) is 0.273. The summed E-state index contributed by atoms with van der Waals surface area (Å²) in [5.74, 6) is 1.49. The highest BCUT2D eigenvalue weighted by Crippen LogP contribution is 2.21. The Morgan fingerprint density at radius 1 is 0.885 bits per heavy atom. The fourth-order valence-electron chi connectivity index (χ4n) is 2.86. The standard InChI is InChI=1S/C22H26N4/c1-16-11-12-17(2)20(14-16)25-22-24-18(3)15-21(26-22)23-13-7-10-19-8-5-4-6-9-19/h4-6,8-9,11-12,14-15H,7,10,13H2,1-3H3,(H2,23,24,25,26). The second kappa shape index (κ2) is 8.48. The molecule has 0 bridgehead atoms. The maximum Gasteiger partial charge on any atom is 0.229 e. The van der Waals surface area contributed by atoms with Gasteiger partial charge in [-0.05, 0) is 56.4 Å². The SMILES string of the molecule is Cc1ccc(C)c(Nc2nc(C)cc(NCCCc3ccccc3)n2)c1. The lowest BCUT2D eigenvalue weighted by Crippen LogP contribution is -2.08. The first-order valence-corrected chi connectivity index (χ1v) is 9.08. The first-order chi connectivity index (χ1) is 12.6. The first kappa shape index (κ1) is 17.9. The van der Waals surface area contributed by atoms with Gasteiger partial charge in [0.1, 0.15) is 5.82 Å². The van der Waals surface area contributed by atoms with Gasteiger partial charge >= 0.3 is 0 Å². The third-order valence-corrected chi connectivity index (χ3v) is 4.28. The summed E-state index contributed by atoms with van der Waals surface area (Å²) >= 11 is 0. The van der Waals surface area contributed by atoms with E-state index in [2.05, 4.69) is 83.0 Å². The molecule has 26 heavy (non-hydrogen) atoms. The molecule has 134 valence electrons. The molecule has 2 aromatic carbocycles. The molecular weight excluding hydrogens is 320 g/mol. The number of aromatic nitrogens is 2. The summed E-state index contributed by atoms with van der Waals surface area (Å²) in [5, 5.41) is 6.77. The van der Waals surface area contributed by atoms with Crippen LogP contribution in [0.3, 0.4) is 0 Å². The molecule has 0 aliphatic heterocycles. The minimum Gasteiger partial charge on any atom is -0.370 e. The molecule has 4 nitrogen and oxygen atoms in total. The zero-order valence-corrected chi connectivity index (χ0v) is 15.7. The van der Waals surface area contributed by atoms with E-state index >= 15 is 0 Å². The molecule has 0 radical (unpaired) electrons. The number of aryl methyl sites for hydroxylation is 4. The summed E-state index contributed by atoms with van der Waals surface area (Å²) < 4.78 is 0. The lowest BCUT2D eigenvalue weighted by atomic mass is 10.1. The average Bonchev–Trinajstić information content (AvgIpc) is 2.62. The van der Waals surface area contributed by atoms with E-state index in [9.17, 15) is 0 Å². The molecule has 0 saturated heterocycles. The Labute approximate surface area is 155 Å². The van der Waals surface area contributed by atoms with Crippen molar-refractivity contribution in [3.8, 4) is 0 Å². The van der Waals surface area contributed by atoms with Crippen molar-refractivity contribution in [2.24, 2.45) is 0 Å². The van der Waals surface area contributed by atoms with Gasteiger partial charge in [0.05, 0.1) is 0 Å². The van der Waals surface area contributed by atoms with Gasteiger partial charge in [-0.2, -0.15) is 4.98 Å². The van der Waals surface area contributed by atoms with E-state index in [0.717, 1.165) is 36.6 Å². The smallest absolute Gasteiger partial charge is 0.229 e. The molecule has 1 aromatic heterocycles. The zero-order valence-electron chi connectivity index (χ0n) is 15.7. The lowest BCUT2D eigenvalue weighted by molar-refractivity contribution is 0.857. The van der Waals surface area contributed by atoms with Gasteiger partial charge in [-0.25, -0.2) is 4.98 Å². The predicted octanol–water partition coefficient (Wildman–Crippen LogP) is 5.19. The topological polar surface area (TPSA) is 49.8 Å².